The van der Waals surface area contributed by atoms with E-state index in [2.05, 4.69) is 5.10 Å². The average molecular weight is 224 g/mol. The summed E-state index contributed by atoms with van der Waals surface area (Å²) in [5.41, 5.74) is 17.7. The summed E-state index contributed by atoms with van der Waals surface area (Å²) in [5, 5.41) is 3.86. The first-order valence-electron chi connectivity index (χ1n) is 5.29. The van der Waals surface area contributed by atoms with E-state index in [1.165, 1.54) is 0 Å². The summed E-state index contributed by atoms with van der Waals surface area (Å²) in [6.07, 6.45) is 0. The van der Waals surface area contributed by atoms with Gasteiger partial charge in [0.1, 0.15) is 0 Å². The molecule has 2 aromatic carbocycles. The van der Waals surface area contributed by atoms with Crippen LogP contribution < -0.4 is 17.3 Å². The molecule has 0 aromatic heterocycles. The van der Waals surface area contributed by atoms with Crippen molar-refractivity contribution >= 4 is 17.1 Å². The first-order valence-corrected chi connectivity index (χ1v) is 5.29. The van der Waals surface area contributed by atoms with E-state index in [4.69, 9.17) is 17.3 Å². The fourth-order valence-corrected chi connectivity index (χ4v) is 2.26. The first kappa shape index (κ1) is 9.72. The third kappa shape index (κ3) is 1.21. The lowest BCUT2D eigenvalue weighted by Crippen LogP contribution is -2.03. The van der Waals surface area contributed by atoms with E-state index in [1.54, 1.807) is 0 Å². The largest absolute Gasteiger partial charge is 0.397 e. The number of benzene rings is 2. The molecular weight excluding hydrogens is 212 g/mol. The lowest BCUT2D eigenvalue weighted by Gasteiger charge is -2.05. The van der Waals surface area contributed by atoms with Crippen LogP contribution in [0, 0.1) is 0 Å². The van der Waals surface area contributed by atoms with Crippen LogP contribution in [0.2, 0.25) is 0 Å². The van der Waals surface area contributed by atoms with Gasteiger partial charge in [0.2, 0.25) is 0 Å². The summed E-state index contributed by atoms with van der Waals surface area (Å²) in [5.74, 6) is 5.47. The summed E-state index contributed by atoms with van der Waals surface area (Å²) in [6.45, 7) is 0. The van der Waals surface area contributed by atoms with E-state index < -0.39 is 0 Å². The van der Waals surface area contributed by atoms with Crippen LogP contribution in [-0.4, -0.2) is 5.71 Å². The molecule has 3 rings (SSSR count). The van der Waals surface area contributed by atoms with Crippen molar-refractivity contribution in [2.75, 3.05) is 11.5 Å². The van der Waals surface area contributed by atoms with Gasteiger partial charge in [0.05, 0.1) is 17.1 Å². The Labute approximate surface area is 98.7 Å². The predicted molar refractivity (Wildman–Crippen MR) is 70.5 cm³/mol. The van der Waals surface area contributed by atoms with Crippen molar-refractivity contribution in [3.8, 4) is 11.1 Å². The second-order valence-electron chi connectivity index (χ2n) is 4.05. The van der Waals surface area contributed by atoms with Gasteiger partial charge in [0.15, 0.2) is 0 Å². The summed E-state index contributed by atoms with van der Waals surface area (Å²) in [4.78, 5) is 0. The molecule has 17 heavy (non-hydrogen) atoms. The molecule has 0 saturated heterocycles. The Balaban J connectivity index is 2.40. The third-order valence-electron chi connectivity index (χ3n) is 3.08. The Morgan fingerprint density at radius 2 is 1.35 bits per heavy atom. The molecule has 84 valence electrons. The summed E-state index contributed by atoms with van der Waals surface area (Å²) in [7, 11) is 0. The molecule has 0 spiro atoms. The highest BCUT2D eigenvalue weighted by Crippen LogP contribution is 2.39. The number of fused-ring (bicyclic) bond motifs is 3. The van der Waals surface area contributed by atoms with Gasteiger partial charge in [-0.15, -0.1) is 0 Å². The standard InChI is InChI=1S/C13H12N4/c14-11-5-9-7-3-1-2-4-8(7)13(17-16)10(9)6-12(11)15/h1-6H,14-16H2. The zero-order valence-electron chi connectivity index (χ0n) is 9.14. The van der Waals surface area contributed by atoms with Crippen molar-refractivity contribution in [1.29, 1.82) is 0 Å². The quantitative estimate of drug-likeness (QED) is 0.307. The van der Waals surface area contributed by atoms with Gasteiger partial charge < -0.3 is 17.3 Å². The number of nitrogens with zero attached hydrogens (tertiary/aromatic N) is 1. The Hall–Kier alpha value is -2.49. The van der Waals surface area contributed by atoms with E-state index in [0.29, 0.717) is 11.4 Å². The van der Waals surface area contributed by atoms with Crippen LogP contribution in [0.15, 0.2) is 41.5 Å². The summed E-state index contributed by atoms with van der Waals surface area (Å²) >= 11 is 0. The number of nitrogens with two attached hydrogens (primary N) is 3. The van der Waals surface area contributed by atoms with Crippen LogP contribution >= 0.6 is 0 Å². The summed E-state index contributed by atoms with van der Waals surface area (Å²) in [6, 6.07) is 11.7. The first-order chi connectivity index (χ1) is 8.22. The minimum atomic E-state index is 0.553. The molecular formula is C13H12N4. The maximum absolute atomic E-state index is 5.84. The van der Waals surface area contributed by atoms with Crippen molar-refractivity contribution in [2.24, 2.45) is 10.9 Å². The zero-order chi connectivity index (χ0) is 12.0. The van der Waals surface area contributed by atoms with Crippen molar-refractivity contribution in [3.05, 3.63) is 47.5 Å². The van der Waals surface area contributed by atoms with Crippen LogP contribution in [0.3, 0.4) is 0 Å². The second-order valence-corrected chi connectivity index (χ2v) is 4.05. The smallest absolute Gasteiger partial charge is 0.0984 e. The van der Waals surface area contributed by atoms with Crippen LogP contribution in [0.4, 0.5) is 11.4 Å². The Kier molecular flexibility index (Phi) is 1.86. The van der Waals surface area contributed by atoms with Crippen LogP contribution in [0.1, 0.15) is 11.1 Å². The van der Waals surface area contributed by atoms with Gasteiger partial charge in [0, 0.05) is 11.1 Å². The van der Waals surface area contributed by atoms with Crippen molar-refractivity contribution in [2.45, 2.75) is 0 Å². The Morgan fingerprint density at radius 3 is 2.00 bits per heavy atom. The molecule has 0 unspecified atom stereocenters. The fraction of sp³-hybridized carbons (Fsp3) is 0. The molecule has 0 fully saturated rings. The molecule has 1 aliphatic carbocycles. The molecule has 0 aliphatic heterocycles. The lowest BCUT2D eigenvalue weighted by atomic mass is 10.0. The molecule has 4 nitrogen and oxygen atoms in total. The van der Waals surface area contributed by atoms with Crippen molar-refractivity contribution in [3.63, 3.8) is 0 Å². The molecule has 2 aromatic rings. The van der Waals surface area contributed by atoms with E-state index in [9.17, 15) is 0 Å². The number of hydrazone groups is 1. The normalized spacial score (nSPS) is 14.7. The number of rotatable bonds is 0. The minimum absolute atomic E-state index is 0.553. The van der Waals surface area contributed by atoms with Gasteiger partial charge in [-0.3, -0.25) is 0 Å². The molecule has 0 bridgehead atoms. The molecule has 6 N–H and O–H groups in total. The van der Waals surface area contributed by atoms with Gasteiger partial charge in [-0.05, 0) is 23.3 Å². The third-order valence-corrected chi connectivity index (χ3v) is 3.08. The number of nitrogen functional groups attached to an aromatic ring is 2. The van der Waals surface area contributed by atoms with Gasteiger partial charge >= 0.3 is 0 Å². The van der Waals surface area contributed by atoms with E-state index in [0.717, 1.165) is 28.0 Å². The second kappa shape index (κ2) is 3.25. The van der Waals surface area contributed by atoms with Crippen LogP contribution in [0.5, 0.6) is 0 Å². The maximum atomic E-state index is 5.84. The van der Waals surface area contributed by atoms with E-state index >= 15 is 0 Å². The van der Waals surface area contributed by atoms with Crippen LogP contribution in [-0.2, 0) is 0 Å². The molecule has 0 saturated carbocycles. The van der Waals surface area contributed by atoms with Gasteiger partial charge in [-0.25, -0.2) is 0 Å². The van der Waals surface area contributed by atoms with E-state index in [1.807, 2.05) is 36.4 Å². The molecule has 1 aliphatic rings. The number of hydrogen-bond acceptors (Lipinski definition) is 4. The molecule has 0 atom stereocenters. The van der Waals surface area contributed by atoms with Crippen molar-refractivity contribution in [1.82, 2.24) is 0 Å². The molecule has 0 amide bonds. The van der Waals surface area contributed by atoms with Crippen LogP contribution in [0.25, 0.3) is 11.1 Å². The highest BCUT2D eigenvalue weighted by atomic mass is 15.1. The van der Waals surface area contributed by atoms with Gasteiger partial charge in [-0.2, -0.15) is 5.10 Å². The monoisotopic (exact) mass is 224 g/mol. The number of anilines is 2. The maximum Gasteiger partial charge on any atom is 0.0984 e. The highest BCUT2D eigenvalue weighted by Gasteiger charge is 2.25. The van der Waals surface area contributed by atoms with Gasteiger partial charge in [0.25, 0.3) is 0 Å². The summed E-state index contributed by atoms with van der Waals surface area (Å²) < 4.78 is 0. The topological polar surface area (TPSA) is 90.4 Å². The molecule has 4 heteroatoms. The van der Waals surface area contributed by atoms with Gasteiger partial charge in [-0.1, -0.05) is 24.3 Å². The predicted octanol–water partition coefficient (Wildman–Crippen LogP) is 1.54. The SMILES string of the molecule is NN=C1c2ccccc2-c2cc(N)c(N)cc21. The van der Waals surface area contributed by atoms with E-state index in [-0.39, 0.29) is 0 Å². The molecule has 0 heterocycles. The number of hydrogen-bond donors (Lipinski definition) is 3. The molecule has 0 radical (unpaired) electrons. The lowest BCUT2D eigenvalue weighted by molar-refractivity contribution is 1.25. The average Bonchev–Trinajstić information content (AvgIpc) is 2.63. The van der Waals surface area contributed by atoms with Crippen molar-refractivity contribution < 1.29 is 0 Å². The Morgan fingerprint density at radius 1 is 0.765 bits per heavy atom. The minimum Gasteiger partial charge on any atom is -0.397 e. The zero-order valence-corrected chi connectivity index (χ0v) is 9.14. The highest BCUT2D eigenvalue weighted by molar-refractivity contribution is 6.25. The Bertz CT molecular complexity index is 644. The fourth-order valence-electron chi connectivity index (χ4n) is 2.26.